The van der Waals surface area contributed by atoms with E-state index in [1.165, 1.54) is 6.92 Å². The summed E-state index contributed by atoms with van der Waals surface area (Å²) in [5.74, 6) is -0.987. The lowest BCUT2D eigenvalue weighted by atomic mass is 10.0. The van der Waals surface area contributed by atoms with Gasteiger partial charge < -0.3 is 5.11 Å². The van der Waals surface area contributed by atoms with Gasteiger partial charge in [-0.05, 0) is 31.6 Å². The molecule has 2 rings (SSSR count). The van der Waals surface area contributed by atoms with Crippen molar-refractivity contribution in [3.05, 3.63) is 76.4 Å². The van der Waals surface area contributed by atoms with Crippen LogP contribution in [-0.2, 0) is 4.79 Å². The van der Waals surface area contributed by atoms with Gasteiger partial charge in [0.05, 0.1) is 0 Å². The number of benzene rings is 2. The molecule has 0 fully saturated rings. The van der Waals surface area contributed by atoms with Gasteiger partial charge in [0, 0.05) is 16.7 Å². The van der Waals surface area contributed by atoms with Gasteiger partial charge in [-0.3, -0.25) is 4.79 Å². The molecule has 0 unspecified atom stereocenters. The van der Waals surface area contributed by atoms with Crippen LogP contribution in [0, 0.1) is 6.92 Å². The molecule has 0 spiro atoms. The molecule has 0 heterocycles. The van der Waals surface area contributed by atoms with E-state index in [2.05, 4.69) is 0 Å². The van der Waals surface area contributed by atoms with Crippen molar-refractivity contribution >= 4 is 17.8 Å². The number of carboxylic acid groups (broad SMARTS) is 1. The first-order valence-corrected chi connectivity index (χ1v) is 6.60. The fourth-order valence-corrected chi connectivity index (χ4v) is 2.00. The molecule has 106 valence electrons. The van der Waals surface area contributed by atoms with Crippen molar-refractivity contribution < 1.29 is 14.7 Å². The minimum atomic E-state index is -0.949. The lowest BCUT2D eigenvalue weighted by molar-refractivity contribution is -0.132. The van der Waals surface area contributed by atoms with E-state index in [1.807, 2.05) is 25.1 Å². The van der Waals surface area contributed by atoms with Crippen molar-refractivity contribution in [2.45, 2.75) is 13.8 Å². The fraction of sp³-hybridized carbons (Fsp3) is 0.111. The Bertz CT molecular complexity index is 709. The first-order chi connectivity index (χ1) is 9.97. The first kappa shape index (κ1) is 14.7. The lowest BCUT2D eigenvalue weighted by Gasteiger charge is -2.03. The van der Waals surface area contributed by atoms with Gasteiger partial charge in [0.25, 0.3) is 0 Å². The summed E-state index contributed by atoms with van der Waals surface area (Å²) in [5.41, 5.74) is 3.30. The highest BCUT2D eigenvalue weighted by Crippen LogP contribution is 2.14. The van der Waals surface area contributed by atoms with E-state index in [1.54, 1.807) is 36.4 Å². The van der Waals surface area contributed by atoms with Gasteiger partial charge in [-0.1, -0.05) is 48.0 Å². The van der Waals surface area contributed by atoms with Crippen LogP contribution in [0.25, 0.3) is 6.08 Å². The van der Waals surface area contributed by atoms with E-state index >= 15 is 0 Å². The Morgan fingerprint density at radius 3 is 2.24 bits per heavy atom. The van der Waals surface area contributed by atoms with E-state index < -0.39 is 5.97 Å². The highest BCUT2D eigenvalue weighted by molar-refractivity contribution is 6.09. The van der Waals surface area contributed by atoms with Crippen molar-refractivity contribution in [2.75, 3.05) is 0 Å². The van der Waals surface area contributed by atoms with Crippen LogP contribution in [0.15, 0.2) is 54.1 Å². The zero-order valence-electron chi connectivity index (χ0n) is 12.0. The Balaban J connectivity index is 2.25. The van der Waals surface area contributed by atoms with E-state index in [9.17, 15) is 9.59 Å². The third-order valence-electron chi connectivity index (χ3n) is 3.17. The maximum Gasteiger partial charge on any atom is 0.331 e. The summed E-state index contributed by atoms with van der Waals surface area (Å²) in [4.78, 5) is 23.1. The largest absolute Gasteiger partial charge is 0.478 e. The molecule has 0 bridgehead atoms. The number of aliphatic carboxylic acids is 1. The number of carbonyl (C=O) groups excluding carboxylic acids is 1. The molecule has 3 nitrogen and oxygen atoms in total. The minimum Gasteiger partial charge on any atom is -0.478 e. The summed E-state index contributed by atoms with van der Waals surface area (Å²) in [6.07, 6.45) is 1.57. The molecule has 0 aliphatic carbocycles. The Labute approximate surface area is 123 Å². The van der Waals surface area contributed by atoms with Crippen molar-refractivity contribution in [2.24, 2.45) is 0 Å². The van der Waals surface area contributed by atoms with E-state index in [0.717, 1.165) is 11.1 Å². The molecule has 1 N–H and O–H groups in total. The van der Waals surface area contributed by atoms with Crippen LogP contribution < -0.4 is 0 Å². The highest BCUT2D eigenvalue weighted by atomic mass is 16.4. The lowest BCUT2D eigenvalue weighted by Crippen LogP contribution is -2.01. The summed E-state index contributed by atoms with van der Waals surface area (Å²) in [5, 5.41) is 8.84. The topological polar surface area (TPSA) is 54.4 Å². The third-order valence-corrected chi connectivity index (χ3v) is 3.17. The molecule has 21 heavy (non-hydrogen) atoms. The zero-order valence-corrected chi connectivity index (χ0v) is 12.0. The van der Waals surface area contributed by atoms with Crippen molar-refractivity contribution in [3.8, 4) is 0 Å². The van der Waals surface area contributed by atoms with Gasteiger partial charge in [-0.15, -0.1) is 0 Å². The monoisotopic (exact) mass is 280 g/mol. The van der Waals surface area contributed by atoms with Crippen LogP contribution in [0.1, 0.15) is 34.0 Å². The van der Waals surface area contributed by atoms with Gasteiger partial charge in [0.15, 0.2) is 5.78 Å². The molecule has 3 heteroatoms. The maximum absolute atomic E-state index is 12.3. The molecule has 0 amide bonds. The Hall–Kier alpha value is -2.68. The summed E-state index contributed by atoms with van der Waals surface area (Å²) >= 11 is 0. The Kier molecular flexibility index (Phi) is 4.33. The second-order valence-corrected chi connectivity index (χ2v) is 4.95. The molecule has 0 aromatic heterocycles. The second kappa shape index (κ2) is 6.18. The SMILES string of the molecule is CC(=Cc1ccc(C(=O)c2cccc(C)c2)cc1)C(=O)O. The molecule has 0 saturated carbocycles. The number of rotatable bonds is 4. The Morgan fingerprint density at radius 2 is 1.67 bits per heavy atom. The molecule has 0 radical (unpaired) electrons. The predicted octanol–water partition coefficient (Wildman–Crippen LogP) is 3.71. The zero-order chi connectivity index (χ0) is 15.4. The van der Waals surface area contributed by atoms with Crippen LogP contribution in [0.2, 0.25) is 0 Å². The number of aryl methyl sites for hydroxylation is 1. The average molecular weight is 280 g/mol. The molecule has 0 atom stereocenters. The summed E-state index contributed by atoms with van der Waals surface area (Å²) in [7, 11) is 0. The van der Waals surface area contributed by atoms with E-state index in [4.69, 9.17) is 5.11 Å². The average Bonchev–Trinajstić information content (AvgIpc) is 2.47. The fourth-order valence-electron chi connectivity index (χ4n) is 2.00. The number of carbonyl (C=O) groups is 2. The summed E-state index contributed by atoms with van der Waals surface area (Å²) < 4.78 is 0. The quantitative estimate of drug-likeness (QED) is 0.686. The van der Waals surface area contributed by atoms with Gasteiger partial charge in [0.2, 0.25) is 0 Å². The van der Waals surface area contributed by atoms with Gasteiger partial charge in [0.1, 0.15) is 0 Å². The minimum absolute atomic E-state index is 0.0378. The summed E-state index contributed by atoms with van der Waals surface area (Å²) in [6.45, 7) is 3.48. The van der Waals surface area contributed by atoms with Gasteiger partial charge >= 0.3 is 5.97 Å². The predicted molar refractivity (Wildman–Crippen MR) is 82.3 cm³/mol. The number of hydrogen-bond donors (Lipinski definition) is 1. The number of carboxylic acids is 1. The van der Waals surface area contributed by atoms with Crippen molar-refractivity contribution in [1.29, 1.82) is 0 Å². The molecule has 0 aliphatic rings. The molecular formula is C18H16O3. The van der Waals surface area contributed by atoms with E-state index in [-0.39, 0.29) is 11.4 Å². The normalized spacial score (nSPS) is 11.2. The second-order valence-electron chi connectivity index (χ2n) is 4.95. The summed E-state index contributed by atoms with van der Waals surface area (Å²) in [6, 6.07) is 14.4. The smallest absolute Gasteiger partial charge is 0.331 e. The van der Waals surface area contributed by atoms with Crippen LogP contribution in [0.4, 0.5) is 0 Å². The number of ketones is 1. The number of hydrogen-bond acceptors (Lipinski definition) is 2. The van der Waals surface area contributed by atoms with Crippen LogP contribution in [0.3, 0.4) is 0 Å². The molecular weight excluding hydrogens is 264 g/mol. The molecule has 0 aliphatic heterocycles. The van der Waals surface area contributed by atoms with Gasteiger partial charge in [-0.25, -0.2) is 4.79 Å². The maximum atomic E-state index is 12.3. The van der Waals surface area contributed by atoms with Gasteiger partial charge in [-0.2, -0.15) is 0 Å². The highest BCUT2D eigenvalue weighted by Gasteiger charge is 2.09. The van der Waals surface area contributed by atoms with Crippen LogP contribution >= 0.6 is 0 Å². The Morgan fingerprint density at radius 1 is 1.00 bits per heavy atom. The third kappa shape index (κ3) is 3.66. The van der Waals surface area contributed by atoms with Crippen molar-refractivity contribution in [1.82, 2.24) is 0 Å². The molecule has 2 aromatic carbocycles. The first-order valence-electron chi connectivity index (χ1n) is 6.60. The van der Waals surface area contributed by atoms with Crippen LogP contribution in [-0.4, -0.2) is 16.9 Å². The van der Waals surface area contributed by atoms with Crippen LogP contribution in [0.5, 0.6) is 0 Å². The molecule has 0 saturated heterocycles. The standard InChI is InChI=1S/C18H16O3/c1-12-4-3-5-16(10-12)17(19)15-8-6-14(7-9-15)11-13(2)18(20)21/h3-11H,1-2H3,(H,20,21). The van der Waals surface area contributed by atoms with Crippen molar-refractivity contribution in [3.63, 3.8) is 0 Å². The molecule has 2 aromatic rings. The van der Waals surface area contributed by atoms with E-state index in [0.29, 0.717) is 11.1 Å².